The van der Waals surface area contributed by atoms with E-state index in [9.17, 15) is 4.79 Å². The van der Waals surface area contributed by atoms with E-state index in [0.717, 1.165) is 18.7 Å². The van der Waals surface area contributed by atoms with Crippen molar-refractivity contribution in [2.45, 2.75) is 58.3 Å². The predicted molar refractivity (Wildman–Crippen MR) is 80.6 cm³/mol. The number of nitrogens with two attached hydrogens (primary N) is 1. The van der Waals surface area contributed by atoms with Crippen molar-refractivity contribution >= 4 is 17.1 Å². The summed E-state index contributed by atoms with van der Waals surface area (Å²) >= 11 is 0. The zero-order valence-corrected chi connectivity index (χ0v) is 12.0. The van der Waals surface area contributed by atoms with E-state index >= 15 is 0 Å². The Kier molecular flexibility index (Phi) is 5.15. The first-order chi connectivity index (χ1) is 9.70. The van der Waals surface area contributed by atoms with Crippen molar-refractivity contribution in [2.24, 2.45) is 0 Å². The second kappa shape index (κ2) is 7.07. The number of hydrogen-bond donors (Lipinski definition) is 3. The van der Waals surface area contributed by atoms with E-state index in [0.29, 0.717) is 11.2 Å². The Labute approximate surface area is 118 Å². The average Bonchev–Trinajstić information content (AvgIpc) is 2.81. The smallest absolute Gasteiger partial charge is 0.278 e. The van der Waals surface area contributed by atoms with Crippen molar-refractivity contribution in [1.29, 1.82) is 0 Å². The maximum absolute atomic E-state index is 11.6. The Bertz CT molecular complexity index is 601. The van der Waals surface area contributed by atoms with E-state index < -0.39 is 0 Å². The second-order valence-corrected chi connectivity index (χ2v) is 5.20. The van der Waals surface area contributed by atoms with E-state index in [2.05, 4.69) is 26.9 Å². The number of aromatic nitrogens is 4. The SMILES string of the molecule is CCCCCCCCCc1nc2nc(N)[nH]c(=O)c2[nH]1. The Balaban J connectivity index is 1.82. The van der Waals surface area contributed by atoms with E-state index in [1.165, 1.54) is 38.5 Å². The third kappa shape index (κ3) is 3.82. The molecule has 0 amide bonds. The number of rotatable bonds is 8. The summed E-state index contributed by atoms with van der Waals surface area (Å²) < 4.78 is 0. The normalized spacial score (nSPS) is 11.2. The third-order valence-corrected chi connectivity index (χ3v) is 3.45. The summed E-state index contributed by atoms with van der Waals surface area (Å²) in [6, 6.07) is 0. The molecule has 0 aliphatic heterocycles. The zero-order valence-electron chi connectivity index (χ0n) is 12.0. The minimum Gasteiger partial charge on any atom is -0.369 e. The number of nitrogens with one attached hydrogen (secondary N) is 2. The van der Waals surface area contributed by atoms with Crippen LogP contribution in [0.1, 0.15) is 57.7 Å². The van der Waals surface area contributed by atoms with Crippen LogP contribution in [0.5, 0.6) is 0 Å². The van der Waals surface area contributed by atoms with Gasteiger partial charge in [0.05, 0.1) is 0 Å². The van der Waals surface area contributed by atoms with Gasteiger partial charge in [0.2, 0.25) is 5.95 Å². The predicted octanol–water partition coefficient (Wildman–Crippen LogP) is 2.52. The molecule has 0 unspecified atom stereocenters. The average molecular weight is 277 g/mol. The molecular formula is C14H23N5O. The van der Waals surface area contributed by atoms with Crippen LogP contribution in [0.3, 0.4) is 0 Å². The minimum absolute atomic E-state index is 0.108. The Morgan fingerprint density at radius 2 is 1.70 bits per heavy atom. The van der Waals surface area contributed by atoms with Gasteiger partial charge in [-0.25, -0.2) is 4.98 Å². The van der Waals surface area contributed by atoms with Gasteiger partial charge in [0.1, 0.15) is 5.82 Å². The number of hydrogen-bond acceptors (Lipinski definition) is 4. The van der Waals surface area contributed by atoms with Gasteiger partial charge in [-0.1, -0.05) is 45.4 Å². The molecule has 0 radical (unpaired) electrons. The highest BCUT2D eigenvalue weighted by Crippen LogP contribution is 2.11. The van der Waals surface area contributed by atoms with Crippen LogP contribution in [0.15, 0.2) is 4.79 Å². The largest absolute Gasteiger partial charge is 0.369 e. The lowest BCUT2D eigenvalue weighted by atomic mass is 10.1. The number of anilines is 1. The molecular weight excluding hydrogens is 254 g/mol. The van der Waals surface area contributed by atoms with Gasteiger partial charge < -0.3 is 10.7 Å². The summed E-state index contributed by atoms with van der Waals surface area (Å²) in [7, 11) is 0. The number of aromatic amines is 2. The highest BCUT2D eigenvalue weighted by atomic mass is 16.1. The molecule has 20 heavy (non-hydrogen) atoms. The second-order valence-electron chi connectivity index (χ2n) is 5.20. The van der Waals surface area contributed by atoms with Crippen LogP contribution in [0.4, 0.5) is 5.95 Å². The molecule has 2 rings (SSSR count). The standard InChI is InChI=1S/C14H23N5O/c1-2-3-4-5-6-7-8-9-10-16-11-12(17-10)18-14(15)19-13(11)20/h2-9H2,1H3,(H4,15,16,17,18,19,20). The topological polar surface area (TPSA) is 100 Å². The van der Waals surface area contributed by atoms with E-state index in [4.69, 9.17) is 5.73 Å². The van der Waals surface area contributed by atoms with Crippen LogP contribution >= 0.6 is 0 Å². The lowest BCUT2D eigenvalue weighted by Gasteiger charge is -1.99. The number of nitrogens with zero attached hydrogens (tertiary/aromatic N) is 2. The summed E-state index contributed by atoms with van der Waals surface area (Å²) in [5, 5.41) is 0. The molecule has 0 saturated carbocycles. The third-order valence-electron chi connectivity index (χ3n) is 3.45. The summed E-state index contributed by atoms with van der Waals surface area (Å²) in [6.07, 6.45) is 9.66. The van der Waals surface area contributed by atoms with E-state index in [1.807, 2.05) is 0 Å². The van der Waals surface area contributed by atoms with Crippen molar-refractivity contribution < 1.29 is 0 Å². The van der Waals surface area contributed by atoms with Crippen LogP contribution < -0.4 is 11.3 Å². The van der Waals surface area contributed by atoms with Crippen LogP contribution in [-0.2, 0) is 6.42 Å². The van der Waals surface area contributed by atoms with Gasteiger partial charge in [0.15, 0.2) is 11.2 Å². The van der Waals surface area contributed by atoms with Gasteiger partial charge in [-0.05, 0) is 6.42 Å². The van der Waals surface area contributed by atoms with Gasteiger partial charge in [0, 0.05) is 6.42 Å². The lowest BCUT2D eigenvalue weighted by Crippen LogP contribution is -2.10. The summed E-state index contributed by atoms with van der Waals surface area (Å²) in [6.45, 7) is 2.23. The first-order valence-electron chi connectivity index (χ1n) is 7.45. The molecule has 0 fully saturated rings. The summed E-state index contributed by atoms with van der Waals surface area (Å²) in [5.41, 5.74) is 6.06. The first-order valence-corrected chi connectivity index (χ1v) is 7.45. The minimum atomic E-state index is -0.259. The van der Waals surface area contributed by atoms with Crippen LogP contribution in [-0.4, -0.2) is 19.9 Å². The molecule has 0 spiro atoms. The maximum atomic E-state index is 11.6. The van der Waals surface area contributed by atoms with Crippen molar-refractivity contribution in [1.82, 2.24) is 19.9 Å². The van der Waals surface area contributed by atoms with Gasteiger partial charge in [-0.15, -0.1) is 0 Å². The zero-order chi connectivity index (χ0) is 14.4. The number of aryl methyl sites for hydroxylation is 1. The van der Waals surface area contributed by atoms with Gasteiger partial charge in [-0.2, -0.15) is 4.98 Å². The number of fused-ring (bicyclic) bond motifs is 1. The van der Waals surface area contributed by atoms with Gasteiger partial charge in [-0.3, -0.25) is 9.78 Å². The molecule has 6 nitrogen and oxygen atoms in total. The van der Waals surface area contributed by atoms with Gasteiger partial charge in [0.25, 0.3) is 5.56 Å². The van der Waals surface area contributed by atoms with Crippen LogP contribution in [0.25, 0.3) is 11.2 Å². The molecule has 2 aromatic heterocycles. The molecule has 2 heterocycles. The highest BCUT2D eigenvalue weighted by molar-refractivity contribution is 5.70. The molecule has 110 valence electrons. The fourth-order valence-corrected chi connectivity index (χ4v) is 2.34. The molecule has 0 saturated heterocycles. The number of H-pyrrole nitrogens is 2. The Morgan fingerprint density at radius 3 is 2.45 bits per heavy atom. The molecule has 0 atom stereocenters. The lowest BCUT2D eigenvalue weighted by molar-refractivity contribution is 0.585. The molecule has 0 aliphatic carbocycles. The molecule has 4 N–H and O–H groups in total. The molecule has 0 bridgehead atoms. The first kappa shape index (κ1) is 14.6. The van der Waals surface area contributed by atoms with E-state index in [-0.39, 0.29) is 11.5 Å². The number of nitrogen functional groups attached to an aromatic ring is 1. The Morgan fingerprint density at radius 1 is 1.00 bits per heavy atom. The highest BCUT2D eigenvalue weighted by Gasteiger charge is 2.08. The van der Waals surface area contributed by atoms with Gasteiger partial charge >= 0.3 is 0 Å². The van der Waals surface area contributed by atoms with Crippen molar-refractivity contribution in [3.05, 3.63) is 16.2 Å². The summed E-state index contributed by atoms with van der Waals surface area (Å²) in [5.74, 6) is 0.925. The maximum Gasteiger partial charge on any atom is 0.278 e. The number of imidazole rings is 1. The Hall–Kier alpha value is -1.85. The van der Waals surface area contributed by atoms with Crippen LogP contribution in [0, 0.1) is 0 Å². The van der Waals surface area contributed by atoms with E-state index in [1.54, 1.807) is 0 Å². The number of unbranched alkanes of at least 4 members (excludes halogenated alkanes) is 6. The van der Waals surface area contributed by atoms with Crippen molar-refractivity contribution in [3.63, 3.8) is 0 Å². The van der Waals surface area contributed by atoms with Crippen LogP contribution in [0.2, 0.25) is 0 Å². The van der Waals surface area contributed by atoms with Crippen molar-refractivity contribution in [3.8, 4) is 0 Å². The summed E-state index contributed by atoms with van der Waals surface area (Å²) in [4.78, 5) is 25.5. The molecule has 0 aliphatic rings. The molecule has 0 aromatic carbocycles. The monoisotopic (exact) mass is 277 g/mol. The fraction of sp³-hybridized carbons (Fsp3) is 0.643. The molecule has 6 heteroatoms. The molecule has 2 aromatic rings. The fourth-order valence-electron chi connectivity index (χ4n) is 2.34. The quantitative estimate of drug-likeness (QED) is 0.645. The van der Waals surface area contributed by atoms with Crippen molar-refractivity contribution in [2.75, 3.05) is 5.73 Å².